The Morgan fingerprint density at radius 3 is 2.08 bits per heavy atom. The third-order valence-electron chi connectivity index (χ3n) is 4.80. The van der Waals surface area contributed by atoms with Crippen LogP contribution in [0.3, 0.4) is 0 Å². The molecule has 1 rings (SSSR count). The monoisotopic (exact) mass is 553 g/mol. The van der Waals surface area contributed by atoms with E-state index in [0.717, 1.165) is 12.0 Å². The number of amides is 2. The van der Waals surface area contributed by atoms with Crippen molar-refractivity contribution in [3.63, 3.8) is 0 Å². The molecule has 0 atom stereocenters. The maximum Gasteiger partial charge on any atom is 0.437 e. The predicted octanol–water partition coefficient (Wildman–Crippen LogP) is 7.41. The number of nitrogens with zero attached hydrogens (tertiary/aromatic N) is 6. The van der Waals surface area contributed by atoms with Gasteiger partial charge in [-0.15, -0.1) is 15.2 Å². The van der Waals surface area contributed by atoms with Gasteiger partial charge in [-0.05, 0) is 67.4 Å². The van der Waals surface area contributed by atoms with Gasteiger partial charge in [0.25, 0.3) is 0 Å². The highest BCUT2D eigenvalue weighted by Crippen LogP contribution is 2.19. The van der Waals surface area contributed by atoms with Crippen LogP contribution in [-0.4, -0.2) is 58.4 Å². The van der Waals surface area contributed by atoms with Gasteiger partial charge in [0.1, 0.15) is 17.0 Å². The predicted molar refractivity (Wildman–Crippen MR) is 159 cm³/mol. The molecule has 0 heterocycles. The largest absolute Gasteiger partial charge is 0.443 e. The summed E-state index contributed by atoms with van der Waals surface area (Å²) >= 11 is 0. The van der Waals surface area contributed by atoms with E-state index in [1.54, 1.807) is 79.1 Å². The summed E-state index contributed by atoms with van der Waals surface area (Å²) in [7, 11) is 1.63. The molecule has 0 radical (unpaired) electrons. The molecule has 2 amide bonds. The van der Waals surface area contributed by atoms with Crippen molar-refractivity contribution in [3.05, 3.63) is 53.7 Å². The van der Waals surface area contributed by atoms with Crippen molar-refractivity contribution < 1.29 is 19.1 Å². The van der Waals surface area contributed by atoms with Gasteiger partial charge in [0.05, 0.1) is 18.6 Å². The van der Waals surface area contributed by atoms with Crippen molar-refractivity contribution in [3.8, 4) is 0 Å². The third kappa shape index (κ3) is 13.1. The molecule has 0 aliphatic rings. The maximum atomic E-state index is 13.5. The zero-order chi connectivity index (χ0) is 30.7. The zero-order valence-corrected chi connectivity index (χ0v) is 25.4. The van der Waals surface area contributed by atoms with E-state index in [2.05, 4.69) is 26.8 Å². The average Bonchev–Trinajstić information content (AvgIpc) is 2.82. The number of azo groups is 1. The minimum atomic E-state index is -0.866. The van der Waals surface area contributed by atoms with Gasteiger partial charge in [-0.1, -0.05) is 43.3 Å². The molecule has 1 aromatic rings. The Balaban J connectivity index is 3.55. The Hall–Kier alpha value is -4.15. The number of hydrogen-bond donors (Lipinski definition) is 1. The molecule has 0 unspecified atom stereocenters. The summed E-state index contributed by atoms with van der Waals surface area (Å²) in [6.07, 6.45) is 2.41. The van der Waals surface area contributed by atoms with E-state index >= 15 is 0 Å². The summed E-state index contributed by atoms with van der Waals surface area (Å²) in [6, 6.07) is 7.13. The molecule has 0 aliphatic carbocycles. The van der Waals surface area contributed by atoms with Crippen LogP contribution in [0, 0.1) is 5.41 Å². The SMILES string of the molecule is C=C(N=NC(C)=N)c1ccc(CN(C(=O)OC(C)(C)C)/C(=N/C(=O)OC(C)(C)C)N(C)C=N/C=C(\C)CC)cc1. The highest BCUT2D eigenvalue weighted by atomic mass is 16.6. The molecule has 0 aromatic heterocycles. The number of carbonyl (C=O) groups is 2. The van der Waals surface area contributed by atoms with E-state index in [-0.39, 0.29) is 18.3 Å². The minimum Gasteiger partial charge on any atom is -0.443 e. The second kappa shape index (κ2) is 14.9. The number of ether oxygens (including phenoxy) is 2. The van der Waals surface area contributed by atoms with Crippen LogP contribution < -0.4 is 0 Å². The molecule has 11 heteroatoms. The summed E-state index contributed by atoms with van der Waals surface area (Å²) in [6.45, 7) is 19.8. The highest BCUT2D eigenvalue weighted by Gasteiger charge is 2.29. The van der Waals surface area contributed by atoms with Gasteiger partial charge in [0.2, 0.25) is 5.96 Å². The number of guanidine groups is 1. The molecule has 0 bridgehead atoms. The molecule has 0 spiro atoms. The molecule has 0 aliphatic heterocycles. The summed E-state index contributed by atoms with van der Waals surface area (Å²) in [5.41, 5.74) is 1.26. The number of rotatable bonds is 7. The van der Waals surface area contributed by atoms with Crippen molar-refractivity contribution in [2.45, 2.75) is 86.5 Å². The fourth-order valence-corrected chi connectivity index (χ4v) is 2.81. The molecule has 1 aromatic carbocycles. The summed E-state index contributed by atoms with van der Waals surface area (Å²) < 4.78 is 11.1. The smallest absolute Gasteiger partial charge is 0.437 e. The van der Waals surface area contributed by atoms with Crippen LogP contribution in [0.15, 0.2) is 62.8 Å². The molecule has 0 fully saturated rings. The Morgan fingerprint density at radius 1 is 1.00 bits per heavy atom. The van der Waals surface area contributed by atoms with Crippen LogP contribution in [0.1, 0.15) is 79.9 Å². The summed E-state index contributed by atoms with van der Waals surface area (Å²) in [5.74, 6) is 0.0362. The minimum absolute atomic E-state index is 0.0203. The molecule has 0 saturated heterocycles. The van der Waals surface area contributed by atoms with Gasteiger partial charge >= 0.3 is 12.2 Å². The van der Waals surface area contributed by atoms with Gasteiger partial charge in [-0.25, -0.2) is 19.5 Å². The van der Waals surface area contributed by atoms with E-state index in [9.17, 15) is 9.59 Å². The molecular weight excluding hydrogens is 510 g/mol. The van der Waals surface area contributed by atoms with Crippen LogP contribution >= 0.6 is 0 Å². The number of carbonyl (C=O) groups excluding carboxylic acids is 2. The first-order chi connectivity index (χ1) is 18.4. The second-order valence-corrected chi connectivity index (χ2v) is 11.1. The molecule has 40 heavy (non-hydrogen) atoms. The molecular formula is C29H43N7O4. The van der Waals surface area contributed by atoms with Gasteiger partial charge < -0.3 is 14.4 Å². The number of nitrogens with one attached hydrogen (secondary N) is 1. The average molecular weight is 554 g/mol. The van der Waals surface area contributed by atoms with E-state index in [1.165, 1.54) is 23.1 Å². The van der Waals surface area contributed by atoms with Gasteiger partial charge in [0, 0.05) is 18.8 Å². The first-order valence-corrected chi connectivity index (χ1v) is 12.9. The molecule has 218 valence electrons. The fourth-order valence-electron chi connectivity index (χ4n) is 2.81. The Bertz CT molecular complexity index is 1180. The van der Waals surface area contributed by atoms with E-state index in [0.29, 0.717) is 16.8 Å². The highest BCUT2D eigenvalue weighted by molar-refractivity contribution is 6.03. The lowest BCUT2D eigenvalue weighted by Crippen LogP contribution is -2.47. The first kappa shape index (κ1) is 33.9. The molecule has 1 N–H and O–H groups in total. The quantitative estimate of drug-likeness (QED) is 0.213. The summed E-state index contributed by atoms with van der Waals surface area (Å²) in [5, 5.41) is 15.1. The Labute approximate surface area is 237 Å². The second-order valence-electron chi connectivity index (χ2n) is 11.1. The van der Waals surface area contributed by atoms with Crippen LogP contribution in [0.4, 0.5) is 9.59 Å². The molecule has 11 nitrogen and oxygen atoms in total. The van der Waals surface area contributed by atoms with E-state index < -0.39 is 23.4 Å². The van der Waals surface area contributed by atoms with Crippen molar-refractivity contribution in [2.24, 2.45) is 20.2 Å². The van der Waals surface area contributed by atoms with Crippen LogP contribution in [0.25, 0.3) is 5.70 Å². The topological polar surface area (TPSA) is 132 Å². The normalized spacial score (nSPS) is 12.9. The summed E-state index contributed by atoms with van der Waals surface area (Å²) in [4.78, 5) is 37.4. The zero-order valence-electron chi connectivity index (χ0n) is 25.4. The van der Waals surface area contributed by atoms with Crippen LogP contribution in [0.5, 0.6) is 0 Å². The lowest BCUT2D eigenvalue weighted by molar-refractivity contribution is 0.0345. The van der Waals surface area contributed by atoms with Gasteiger partial charge in [-0.2, -0.15) is 0 Å². The van der Waals surface area contributed by atoms with Crippen LogP contribution in [-0.2, 0) is 16.0 Å². The van der Waals surface area contributed by atoms with Gasteiger partial charge in [-0.3, -0.25) is 5.41 Å². The first-order valence-electron chi connectivity index (χ1n) is 12.9. The lowest BCUT2D eigenvalue weighted by Gasteiger charge is -2.31. The lowest BCUT2D eigenvalue weighted by atomic mass is 10.1. The number of amidine groups is 1. The van der Waals surface area contributed by atoms with Crippen molar-refractivity contribution >= 4 is 36.0 Å². The van der Waals surface area contributed by atoms with Crippen LogP contribution in [0.2, 0.25) is 0 Å². The van der Waals surface area contributed by atoms with Crippen molar-refractivity contribution in [1.29, 1.82) is 5.41 Å². The number of allylic oxidation sites excluding steroid dienone is 1. The van der Waals surface area contributed by atoms with Crippen molar-refractivity contribution in [1.82, 2.24) is 9.80 Å². The van der Waals surface area contributed by atoms with Crippen molar-refractivity contribution in [2.75, 3.05) is 7.05 Å². The number of benzene rings is 1. The maximum absolute atomic E-state index is 13.5. The Kier molecular flexibility index (Phi) is 12.6. The standard InChI is InChI=1S/C29H43N7O4/c1-12-20(2)17-31-19-35(11)25(32-26(37)39-28(5,6)7)36(27(38)40-29(8,9)10)18-23-13-15-24(16-14-23)21(3)33-34-22(4)30/h13-17,19,30H,3,12,18H2,1-2,4-11H3/b20-17+,30-22?,31-19?,32-25+,34-33?. The molecule has 0 saturated carbocycles. The fraction of sp³-hybridized carbons (Fsp3) is 0.483. The third-order valence-corrected chi connectivity index (χ3v) is 4.80. The Morgan fingerprint density at radius 2 is 1.57 bits per heavy atom. The number of hydrogen-bond acceptors (Lipinski definition) is 7. The van der Waals surface area contributed by atoms with E-state index in [1.807, 2.05) is 13.8 Å². The van der Waals surface area contributed by atoms with E-state index in [4.69, 9.17) is 14.9 Å². The number of aliphatic imine (C=N–C) groups is 2. The van der Waals surface area contributed by atoms with Gasteiger partial charge in [0.15, 0.2) is 0 Å².